The molecule has 3 aromatic carbocycles. The van der Waals surface area contributed by atoms with Crippen LogP contribution in [0.1, 0.15) is 66.1 Å². The first-order chi connectivity index (χ1) is 18.3. The van der Waals surface area contributed by atoms with E-state index in [0.717, 1.165) is 41.7 Å². The number of Topliss-reactive ketones (excluding diaryl/α,β-unsaturated/α-hetero) is 1. The number of aliphatic hydroxyl groups excluding tert-OH is 1. The minimum absolute atomic E-state index is 0.108. The summed E-state index contributed by atoms with van der Waals surface area (Å²) in [7, 11) is 0. The van der Waals surface area contributed by atoms with Crippen molar-refractivity contribution >= 4 is 17.4 Å². The van der Waals surface area contributed by atoms with Gasteiger partial charge in [0.1, 0.15) is 11.5 Å². The van der Waals surface area contributed by atoms with Crippen molar-refractivity contribution in [3.63, 3.8) is 0 Å². The maximum atomic E-state index is 13.5. The molecule has 196 valence electrons. The lowest BCUT2D eigenvalue weighted by atomic mass is 9.88. The molecule has 0 bridgehead atoms. The van der Waals surface area contributed by atoms with Gasteiger partial charge in [0.05, 0.1) is 18.2 Å². The second-order valence-corrected chi connectivity index (χ2v) is 10.9. The topological polar surface area (TPSA) is 66.8 Å². The van der Waals surface area contributed by atoms with Crippen molar-refractivity contribution in [1.29, 1.82) is 0 Å². The maximum absolute atomic E-state index is 13.5. The Bertz CT molecular complexity index is 1390. The number of likely N-dealkylation sites (tertiary alicyclic amines) is 1. The zero-order chi connectivity index (χ0) is 26.8. The normalized spacial score (nSPS) is 18.6. The van der Waals surface area contributed by atoms with Crippen molar-refractivity contribution in [2.45, 2.75) is 59.0 Å². The molecule has 38 heavy (non-hydrogen) atoms. The molecule has 5 heteroatoms. The summed E-state index contributed by atoms with van der Waals surface area (Å²) in [5.41, 5.74) is 5.95. The first-order valence-electron chi connectivity index (χ1n) is 13.5. The van der Waals surface area contributed by atoms with E-state index in [1.807, 2.05) is 73.7 Å². The average Bonchev–Trinajstić information content (AvgIpc) is 3.17. The van der Waals surface area contributed by atoms with E-state index in [9.17, 15) is 14.7 Å². The van der Waals surface area contributed by atoms with Crippen LogP contribution in [0, 0.1) is 12.8 Å². The Morgan fingerprint density at radius 3 is 2.42 bits per heavy atom. The maximum Gasteiger partial charge on any atom is 0.295 e. The zero-order valence-corrected chi connectivity index (χ0v) is 22.4. The molecule has 1 atom stereocenters. The van der Waals surface area contributed by atoms with Crippen LogP contribution >= 0.6 is 0 Å². The van der Waals surface area contributed by atoms with Gasteiger partial charge in [0.25, 0.3) is 11.7 Å². The van der Waals surface area contributed by atoms with Crippen molar-refractivity contribution in [1.82, 2.24) is 4.90 Å². The molecule has 1 fully saturated rings. The van der Waals surface area contributed by atoms with E-state index in [2.05, 4.69) is 13.8 Å². The molecule has 0 spiro atoms. The van der Waals surface area contributed by atoms with Gasteiger partial charge in [0, 0.05) is 12.1 Å². The summed E-state index contributed by atoms with van der Waals surface area (Å²) in [5.74, 6) is -0.166. The van der Waals surface area contributed by atoms with E-state index >= 15 is 0 Å². The van der Waals surface area contributed by atoms with Gasteiger partial charge in [0.2, 0.25) is 0 Å². The molecule has 1 unspecified atom stereocenters. The van der Waals surface area contributed by atoms with E-state index in [0.29, 0.717) is 18.1 Å². The Labute approximate surface area is 224 Å². The summed E-state index contributed by atoms with van der Waals surface area (Å²) in [6.07, 6.45) is 4.28. The third-order valence-corrected chi connectivity index (χ3v) is 7.38. The molecule has 3 aromatic rings. The van der Waals surface area contributed by atoms with Gasteiger partial charge in [-0.25, -0.2) is 0 Å². The number of hydrogen-bond donors (Lipinski definition) is 1. The Hall–Kier alpha value is -3.86. The predicted molar refractivity (Wildman–Crippen MR) is 149 cm³/mol. The van der Waals surface area contributed by atoms with Crippen molar-refractivity contribution in [2.75, 3.05) is 6.61 Å². The van der Waals surface area contributed by atoms with Crippen LogP contribution in [0.2, 0.25) is 0 Å². The third-order valence-electron chi connectivity index (χ3n) is 7.38. The molecule has 1 heterocycles. The molecule has 0 saturated carbocycles. The standard InChI is InChI=1S/C33H35NO4/c1-21(2)20-38-28-15-11-23(12-16-28)19-34-30(26-10-6-7-22(3)17-26)29(32(36)33(34)37)31(35)27-14-13-24-8-4-5-9-25(24)18-27/h6-7,10-18,21,30,35H,4-5,8-9,19-20H2,1-3H3/b31-29-. The van der Waals surface area contributed by atoms with Gasteiger partial charge in [-0.3, -0.25) is 9.59 Å². The van der Waals surface area contributed by atoms with Crippen molar-refractivity contribution in [2.24, 2.45) is 5.92 Å². The Balaban J connectivity index is 1.53. The lowest BCUT2D eigenvalue weighted by molar-refractivity contribution is -0.140. The number of carbonyl (C=O) groups excluding carboxylic acids is 2. The Morgan fingerprint density at radius 1 is 0.974 bits per heavy atom. The molecule has 0 radical (unpaired) electrons. The summed E-state index contributed by atoms with van der Waals surface area (Å²) >= 11 is 0. The van der Waals surface area contributed by atoms with Crippen molar-refractivity contribution < 1.29 is 19.4 Å². The van der Waals surface area contributed by atoms with Crippen LogP contribution in [0.25, 0.3) is 5.76 Å². The van der Waals surface area contributed by atoms with Gasteiger partial charge in [-0.1, -0.05) is 67.9 Å². The Morgan fingerprint density at radius 2 is 1.71 bits per heavy atom. The average molecular weight is 510 g/mol. The fourth-order valence-electron chi connectivity index (χ4n) is 5.42. The smallest absolute Gasteiger partial charge is 0.295 e. The molecule has 1 aliphatic heterocycles. The van der Waals surface area contributed by atoms with E-state index < -0.39 is 17.7 Å². The number of aliphatic hydroxyl groups is 1. The molecular formula is C33H35NO4. The van der Waals surface area contributed by atoms with Crippen LogP contribution < -0.4 is 4.74 Å². The number of fused-ring (bicyclic) bond motifs is 1. The van der Waals surface area contributed by atoms with Gasteiger partial charge in [-0.05, 0) is 79.0 Å². The molecule has 5 nitrogen and oxygen atoms in total. The monoisotopic (exact) mass is 509 g/mol. The number of hydrogen-bond acceptors (Lipinski definition) is 4. The SMILES string of the molecule is Cc1cccc(C2/C(=C(/O)c3ccc4c(c3)CCCC4)C(=O)C(=O)N2Cc2ccc(OCC(C)C)cc2)c1. The summed E-state index contributed by atoms with van der Waals surface area (Å²) < 4.78 is 5.80. The van der Waals surface area contributed by atoms with Gasteiger partial charge < -0.3 is 14.7 Å². The lowest BCUT2D eigenvalue weighted by Gasteiger charge is -2.26. The number of ketones is 1. The third kappa shape index (κ3) is 5.24. The largest absolute Gasteiger partial charge is 0.507 e. The van der Waals surface area contributed by atoms with E-state index in [1.54, 1.807) is 4.90 Å². The fourth-order valence-corrected chi connectivity index (χ4v) is 5.42. The summed E-state index contributed by atoms with van der Waals surface area (Å²) in [6.45, 7) is 7.05. The highest BCUT2D eigenvalue weighted by Crippen LogP contribution is 2.41. The van der Waals surface area contributed by atoms with E-state index in [1.165, 1.54) is 17.5 Å². The first kappa shape index (κ1) is 25.8. The molecule has 1 amide bonds. The predicted octanol–water partition coefficient (Wildman–Crippen LogP) is 6.53. The van der Waals surface area contributed by atoms with Crippen molar-refractivity contribution in [3.05, 3.63) is 106 Å². The molecule has 1 N–H and O–H groups in total. The second-order valence-electron chi connectivity index (χ2n) is 10.9. The second kappa shape index (κ2) is 10.9. The molecule has 2 aliphatic rings. The van der Waals surface area contributed by atoms with Crippen LogP contribution in [0.3, 0.4) is 0 Å². The molecule has 5 rings (SSSR count). The quantitative estimate of drug-likeness (QED) is 0.223. The highest BCUT2D eigenvalue weighted by molar-refractivity contribution is 6.46. The van der Waals surface area contributed by atoms with Crippen LogP contribution in [0.15, 0.2) is 72.3 Å². The van der Waals surface area contributed by atoms with Crippen LogP contribution in [0.4, 0.5) is 0 Å². The fraction of sp³-hybridized carbons (Fsp3) is 0.333. The molecule has 1 saturated heterocycles. The summed E-state index contributed by atoms with van der Waals surface area (Å²) in [5, 5.41) is 11.5. The number of carbonyl (C=O) groups is 2. The lowest BCUT2D eigenvalue weighted by Crippen LogP contribution is -2.29. The van der Waals surface area contributed by atoms with Crippen LogP contribution in [-0.4, -0.2) is 28.3 Å². The summed E-state index contributed by atoms with van der Waals surface area (Å²) in [4.78, 5) is 28.4. The zero-order valence-electron chi connectivity index (χ0n) is 22.4. The first-order valence-corrected chi connectivity index (χ1v) is 13.5. The molecular weight excluding hydrogens is 474 g/mol. The number of nitrogens with zero attached hydrogens (tertiary/aromatic N) is 1. The summed E-state index contributed by atoms with van der Waals surface area (Å²) in [6, 6.07) is 20.7. The number of ether oxygens (including phenoxy) is 1. The number of amides is 1. The van der Waals surface area contributed by atoms with E-state index in [-0.39, 0.29) is 17.9 Å². The number of aryl methyl sites for hydroxylation is 3. The van der Waals surface area contributed by atoms with Crippen LogP contribution in [0.5, 0.6) is 5.75 Å². The van der Waals surface area contributed by atoms with Crippen molar-refractivity contribution in [3.8, 4) is 5.75 Å². The number of benzene rings is 3. The minimum atomic E-state index is -0.678. The van der Waals surface area contributed by atoms with Crippen LogP contribution in [-0.2, 0) is 29.0 Å². The minimum Gasteiger partial charge on any atom is -0.507 e. The van der Waals surface area contributed by atoms with Gasteiger partial charge >= 0.3 is 0 Å². The Kier molecular flexibility index (Phi) is 7.37. The van der Waals surface area contributed by atoms with E-state index in [4.69, 9.17) is 4.74 Å². The highest BCUT2D eigenvalue weighted by Gasteiger charge is 2.46. The molecule has 1 aliphatic carbocycles. The van der Waals surface area contributed by atoms with Gasteiger partial charge in [-0.2, -0.15) is 0 Å². The highest BCUT2D eigenvalue weighted by atomic mass is 16.5. The van der Waals surface area contributed by atoms with Gasteiger partial charge in [-0.15, -0.1) is 0 Å². The van der Waals surface area contributed by atoms with Gasteiger partial charge in [0.15, 0.2) is 0 Å². The number of rotatable bonds is 7. The molecule has 0 aromatic heterocycles.